The molecule has 2 fully saturated rings. The van der Waals surface area contributed by atoms with Gasteiger partial charge in [-0.15, -0.1) is 0 Å². The van der Waals surface area contributed by atoms with Gasteiger partial charge in [0.05, 0.1) is 12.8 Å². The predicted octanol–water partition coefficient (Wildman–Crippen LogP) is 2.52. The maximum Gasteiger partial charge on any atom is 0.335 e. The van der Waals surface area contributed by atoms with Crippen molar-refractivity contribution < 1.29 is 28.6 Å². The van der Waals surface area contributed by atoms with Crippen molar-refractivity contribution in [2.45, 2.75) is 25.3 Å². The number of aromatic nitrogens is 1. The average molecular weight is 571 g/mol. The number of anilines is 1. The molecule has 4 aliphatic rings. The number of imide groups is 2. The highest BCUT2D eigenvalue weighted by molar-refractivity contribution is 6.30. The van der Waals surface area contributed by atoms with Crippen molar-refractivity contribution in [3.63, 3.8) is 0 Å². The number of amides is 4. The van der Waals surface area contributed by atoms with E-state index in [9.17, 15) is 19.2 Å². The first-order chi connectivity index (χ1) is 20.3. The van der Waals surface area contributed by atoms with E-state index in [0.717, 1.165) is 17.0 Å². The summed E-state index contributed by atoms with van der Waals surface area (Å²) in [5, 5.41) is 2.48. The summed E-state index contributed by atoms with van der Waals surface area (Å²) < 4.78 is 18.1. The number of nitrogens with one attached hydrogen (secondary N) is 1. The molecule has 0 spiro atoms. The zero-order valence-corrected chi connectivity index (χ0v) is 23.1. The molecule has 11 heteroatoms. The SMILES string of the molecule is COc1ccc(N2C(=O)NC(=O)[C@@](Cc3ccc4c(c3)OCO4)(CN3C[C@H]4C[C@@H](C3)c3cccc(=O)n3C4)C2=O)cc1. The standard InChI is InChI=1S/C31H30N4O7/c1-40-23-8-6-22(7-9-23)35-29(38)31(28(37)32-30(35)39,13-19-5-10-25-26(12-19)42-18-41-25)17-33-14-20-11-21(16-33)24-3-2-4-27(36)34(24)15-20/h2-10,12,20-21H,11,13-18H2,1H3,(H,32,37,39)/t20-,21+,31-/m1/s1. The van der Waals surface area contributed by atoms with E-state index in [-0.39, 0.29) is 37.2 Å². The lowest BCUT2D eigenvalue weighted by Gasteiger charge is -2.47. The molecule has 1 N–H and O–H groups in total. The maximum absolute atomic E-state index is 14.5. The average Bonchev–Trinajstić information content (AvgIpc) is 3.45. The Morgan fingerprint density at radius 2 is 1.76 bits per heavy atom. The van der Waals surface area contributed by atoms with Gasteiger partial charge in [-0.05, 0) is 66.8 Å². The van der Waals surface area contributed by atoms with E-state index in [1.807, 2.05) is 16.7 Å². The van der Waals surface area contributed by atoms with Gasteiger partial charge in [-0.3, -0.25) is 19.7 Å². The van der Waals surface area contributed by atoms with Crippen LogP contribution >= 0.6 is 0 Å². The third-order valence-corrected chi connectivity index (χ3v) is 8.79. The van der Waals surface area contributed by atoms with Crippen LogP contribution in [-0.2, 0) is 22.6 Å². The lowest BCUT2D eigenvalue weighted by molar-refractivity contribution is -0.144. The molecule has 2 aromatic carbocycles. The number of barbiturate groups is 1. The summed E-state index contributed by atoms with van der Waals surface area (Å²) in [6, 6.07) is 16.5. The molecule has 4 amide bonds. The monoisotopic (exact) mass is 570 g/mol. The molecule has 4 aliphatic heterocycles. The van der Waals surface area contributed by atoms with Crippen LogP contribution in [0, 0.1) is 11.3 Å². The van der Waals surface area contributed by atoms with Crippen LogP contribution < -0.4 is 30.0 Å². The largest absolute Gasteiger partial charge is 0.497 e. The van der Waals surface area contributed by atoms with Crippen molar-refractivity contribution in [3.8, 4) is 17.2 Å². The molecule has 2 saturated heterocycles. The Balaban J connectivity index is 1.26. The fourth-order valence-electron chi connectivity index (χ4n) is 6.90. The third kappa shape index (κ3) is 4.32. The minimum absolute atomic E-state index is 0.00888. The number of urea groups is 1. The van der Waals surface area contributed by atoms with Gasteiger partial charge in [0.2, 0.25) is 12.7 Å². The first-order valence-corrected chi connectivity index (χ1v) is 14.0. The predicted molar refractivity (Wildman–Crippen MR) is 151 cm³/mol. The number of pyridine rings is 1. The van der Waals surface area contributed by atoms with E-state index in [2.05, 4.69) is 10.2 Å². The van der Waals surface area contributed by atoms with Gasteiger partial charge in [-0.1, -0.05) is 12.1 Å². The first kappa shape index (κ1) is 26.3. The summed E-state index contributed by atoms with van der Waals surface area (Å²) in [5.41, 5.74) is 0.405. The molecule has 11 nitrogen and oxygen atoms in total. The number of methoxy groups -OCH3 is 1. The smallest absolute Gasteiger partial charge is 0.335 e. The Morgan fingerprint density at radius 1 is 0.952 bits per heavy atom. The molecule has 0 saturated carbocycles. The summed E-state index contributed by atoms with van der Waals surface area (Å²) in [6.45, 7) is 2.01. The maximum atomic E-state index is 14.5. The Bertz CT molecular complexity index is 1650. The molecule has 0 aliphatic carbocycles. The van der Waals surface area contributed by atoms with E-state index in [4.69, 9.17) is 14.2 Å². The fourth-order valence-corrected chi connectivity index (χ4v) is 6.90. The van der Waals surface area contributed by atoms with Crippen molar-refractivity contribution in [2.24, 2.45) is 11.3 Å². The molecular weight excluding hydrogens is 540 g/mol. The van der Waals surface area contributed by atoms with Crippen LogP contribution in [0.25, 0.3) is 0 Å². The Morgan fingerprint density at radius 3 is 2.57 bits per heavy atom. The second-order valence-corrected chi connectivity index (χ2v) is 11.4. The fraction of sp³-hybridized carbons (Fsp3) is 0.355. The lowest BCUT2D eigenvalue weighted by atomic mass is 9.75. The molecule has 0 unspecified atom stereocenters. The van der Waals surface area contributed by atoms with Gasteiger partial charge in [0.25, 0.3) is 11.5 Å². The number of benzene rings is 2. The van der Waals surface area contributed by atoms with Gasteiger partial charge >= 0.3 is 6.03 Å². The van der Waals surface area contributed by atoms with Crippen LogP contribution in [0.15, 0.2) is 65.5 Å². The number of carbonyl (C=O) groups is 3. The highest BCUT2D eigenvalue weighted by Gasteiger charge is 2.56. The van der Waals surface area contributed by atoms with Crippen molar-refractivity contribution >= 4 is 23.5 Å². The van der Waals surface area contributed by atoms with Crippen molar-refractivity contribution in [3.05, 3.63) is 82.3 Å². The topological polar surface area (TPSA) is 119 Å². The molecule has 3 atom stereocenters. The number of hydrogen-bond donors (Lipinski definition) is 1. The molecule has 2 bridgehead atoms. The zero-order chi connectivity index (χ0) is 29.0. The van der Waals surface area contributed by atoms with Crippen LogP contribution in [0.3, 0.4) is 0 Å². The second kappa shape index (κ2) is 10.0. The number of likely N-dealkylation sites (tertiary alicyclic amines) is 1. The Hall–Kier alpha value is -4.64. The summed E-state index contributed by atoms with van der Waals surface area (Å²) in [4.78, 5) is 57.3. The lowest BCUT2D eigenvalue weighted by Crippen LogP contribution is -2.68. The van der Waals surface area contributed by atoms with Gasteiger partial charge < -0.3 is 23.7 Å². The van der Waals surface area contributed by atoms with Crippen LogP contribution in [0.2, 0.25) is 0 Å². The van der Waals surface area contributed by atoms with E-state index >= 15 is 0 Å². The molecule has 1 aromatic heterocycles. The van der Waals surface area contributed by atoms with Crippen LogP contribution in [0.5, 0.6) is 17.2 Å². The number of fused-ring (bicyclic) bond motifs is 5. The van der Waals surface area contributed by atoms with Crippen LogP contribution in [0.1, 0.15) is 23.6 Å². The van der Waals surface area contributed by atoms with E-state index in [1.54, 1.807) is 48.5 Å². The number of nitrogens with zero attached hydrogens (tertiary/aromatic N) is 3. The summed E-state index contributed by atoms with van der Waals surface area (Å²) >= 11 is 0. The molecule has 216 valence electrons. The summed E-state index contributed by atoms with van der Waals surface area (Å²) in [6.07, 6.45) is 0.988. The van der Waals surface area contributed by atoms with Gasteiger partial charge in [0.15, 0.2) is 11.5 Å². The molecule has 42 heavy (non-hydrogen) atoms. The number of hydrogen-bond acceptors (Lipinski definition) is 8. The number of rotatable bonds is 6. The third-order valence-electron chi connectivity index (χ3n) is 8.79. The van der Waals surface area contributed by atoms with Crippen molar-refractivity contribution in [2.75, 3.05) is 38.4 Å². The minimum Gasteiger partial charge on any atom is -0.497 e. The van der Waals surface area contributed by atoms with Gasteiger partial charge in [-0.2, -0.15) is 0 Å². The van der Waals surface area contributed by atoms with Gasteiger partial charge in [0, 0.05) is 43.9 Å². The highest BCUT2D eigenvalue weighted by Crippen LogP contribution is 2.41. The molecule has 3 aromatic rings. The van der Waals surface area contributed by atoms with Crippen molar-refractivity contribution in [1.82, 2.24) is 14.8 Å². The molecular formula is C31H30N4O7. The Labute approximate surface area is 241 Å². The summed E-state index contributed by atoms with van der Waals surface area (Å²) in [7, 11) is 1.53. The molecule has 5 heterocycles. The number of ether oxygens (including phenoxy) is 3. The second-order valence-electron chi connectivity index (χ2n) is 11.4. The van der Waals surface area contributed by atoms with E-state index in [1.165, 1.54) is 7.11 Å². The van der Waals surface area contributed by atoms with Crippen molar-refractivity contribution in [1.29, 1.82) is 0 Å². The van der Waals surface area contributed by atoms with Crippen LogP contribution in [0.4, 0.5) is 10.5 Å². The van der Waals surface area contributed by atoms with Gasteiger partial charge in [-0.25, -0.2) is 9.69 Å². The quantitative estimate of drug-likeness (QED) is 0.449. The first-order valence-electron chi connectivity index (χ1n) is 14.0. The zero-order valence-electron chi connectivity index (χ0n) is 23.1. The highest BCUT2D eigenvalue weighted by atomic mass is 16.7. The van der Waals surface area contributed by atoms with Gasteiger partial charge in [0.1, 0.15) is 11.2 Å². The van der Waals surface area contributed by atoms with E-state index in [0.29, 0.717) is 48.1 Å². The Kier molecular flexibility index (Phi) is 6.27. The number of piperidine rings is 1. The summed E-state index contributed by atoms with van der Waals surface area (Å²) in [5.74, 6) is 0.781. The van der Waals surface area contributed by atoms with Crippen LogP contribution in [-0.4, -0.2) is 60.8 Å². The molecule has 7 rings (SSSR count). The minimum atomic E-state index is -1.61. The van der Waals surface area contributed by atoms with E-state index < -0.39 is 23.3 Å². The molecule has 0 radical (unpaired) electrons. The number of carbonyl (C=O) groups excluding carboxylic acids is 3. The normalized spacial score (nSPS) is 24.8.